The topological polar surface area (TPSA) is 61.6 Å². The molecule has 1 aliphatic rings. The fraction of sp³-hybridized carbons (Fsp3) is 0.538. The van der Waals surface area contributed by atoms with E-state index in [1.807, 2.05) is 11.9 Å². The monoisotopic (exact) mass is 298 g/mol. The normalized spacial score (nSPS) is 16.1. The zero-order valence-corrected chi connectivity index (χ0v) is 12.3. The Bertz CT molecular complexity index is 477. The zero-order chi connectivity index (χ0) is 14.5. The molecule has 1 saturated heterocycles. The lowest BCUT2D eigenvalue weighted by Gasteiger charge is -2.29. The number of likely N-dealkylation sites (N-methyl/N-ethyl adjacent to an activating group) is 1. The van der Waals surface area contributed by atoms with Crippen LogP contribution in [-0.2, 0) is 0 Å². The number of benzene rings is 1. The van der Waals surface area contributed by atoms with Crippen molar-refractivity contribution in [1.29, 1.82) is 0 Å². The number of para-hydroxylation sites is 1. The minimum Gasteiger partial charge on any atom is -0.368 e. The molecular weight excluding hydrogens is 280 g/mol. The summed E-state index contributed by atoms with van der Waals surface area (Å²) in [4.78, 5) is 15.0. The molecule has 110 valence electrons. The first-order chi connectivity index (χ1) is 9.59. The summed E-state index contributed by atoms with van der Waals surface area (Å²) in [6.45, 7) is 5.67. The predicted octanol–water partition coefficient (Wildman–Crippen LogP) is 1.59. The van der Waals surface area contributed by atoms with Gasteiger partial charge in [-0.15, -0.1) is 0 Å². The van der Waals surface area contributed by atoms with Crippen LogP contribution in [0.2, 0.25) is 5.02 Å². The average Bonchev–Trinajstić information content (AvgIpc) is 2.45. The molecule has 6 nitrogen and oxygen atoms in total. The van der Waals surface area contributed by atoms with Gasteiger partial charge in [0.05, 0.1) is 4.92 Å². The highest BCUT2D eigenvalue weighted by atomic mass is 35.5. The van der Waals surface area contributed by atoms with Crippen molar-refractivity contribution < 1.29 is 4.92 Å². The fourth-order valence-electron chi connectivity index (χ4n) is 2.34. The average molecular weight is 299 g/mol. The van der Waals surface area contributed by atoms with Gasteiger partial charge in [-0.3, -0.25) is 15.0 Å². The third kappa shape index (κ3) is 3.59. The standard InChI is InChI=1S/C13H19ClN4O2/c1-16(9-10-17-7-5-15-6-8-17)12-4-2-3-11(14)13(12)18(19)20/h2-4,15H,5-10H2,1H3. The Kier molecular flexibility index (Phi) is 5.17. The highest BCUT2D eigenvalue weighted by Gasteiger charge is 2.21. The Morgan fingerprint density at radius 1 is 1.45 bits per heavy atom. The van der Waals surface area contributed by atoms with Crippen molar-refractivity contribution in [3.8, 4) is 0 Å². The first-order valence-corrected chi connectivity index (χ1v) is 7.04. The molecule has 1 aromatic carbocycles. The van der Waals surface area contributed by atoms with Crippen molar-refractivity contribution >= 4 is 23.0 Å². The highest BCUT2D eigenvalue weighted by Crippen LogP contribution is 2.34. The van der Waals surface area contributed by atoms with E-state index in [-0.39, 0.29) is 10.7 Å². The second kappa shape index (κ2) is 6.88. The van der Waals surface area contributed by atoms with Crippen LogP contribution in [0.15, 0.2) is 18.2 Å². The molecule has 0 radical (unpaired) electrons. The second-order valence-electron chi connectivity index (χ2n) is 4.88. The van der Waals surface area contributed by atoms with E-state index in [0.717, 1.165) is 39.3 Å². The summed E-state index contributed by atoms with van der Waals surface area (Å²) in [5.74, 6) is 0. The van der Waals surface area contributed by atoms with Gasteiger partial charge in [0.2, 0.25) is 0 Å². The Labute approximate surface area is 123 Å². The molecule has 1 heterocycles. The predicted molar refractivity (Wildman–Crippen MR) is 80.7 cm³/mol. The van der Waals surface area contributed by atoms with Crippen molar-refractivity contribution in [3.63, 3.8) is 0 Å². The van der Waals surface area contributed by atoms with Crippen LogP contribution in [0, 0.1) is 10.1 Å². The first kappa shape index (κ1) is 15.0. The van der Waals surface area contributed by atoms with Crippen LogP contribution in [0.5, 0.6) is 0 Å². The number of rotatable bonds is 5. The second-order valence-corrected chi connectivity index (χ2v) is 5.29. The Balaban J connectivity index is 2.03. The quantitative estimate of drug-likeness (QED) is 0.661. The molecule has 20 heavy (non-hydrogen) atoms. The van der Waals surface area contributed by atoms with Gasteiger partial charge in [0.25, 0.3) is 0 Å². The lowest BCUT2D eigenvalue weighted by Crippen LogP contribution is -2.46. The number of nitrogens with one attached hydrogen (secondary N) is 1. The van der Waals surface area contributed by atoms with E-state index in [0.29, 0.717) is 5.69 Å². The van der Waals surface area contributed by atoms with E-state index in [2.05, 4.69) is 10.2 Å². The molecule has 2 rings (SSSR count). The molecule has 0 saturated carbocycles. The molecule has 0 aromatic heterocycles. The van der Waals surface area contributed by atoms with E-state index in [1.165, 1.54) is 0 Å². The van der Waals surface area contributed by atoms with E-state index in [1.54, 1.807) is 18.2 Å². The number of piperazine rings is 1. The Hall–Kier alpha value is -1.37. The smallest absolute Gasteiger partial charge is 0.310 e. The van der Waals surface area contributed by atoms with Crippen molar-refractivity contribution in [2.24, 2.45) is 0 Å². The third-order valence-corrected chi connectivity index (χ3v) is 3.83. The third-order valence-electron chi connectivity index (χ3n) is 3.52. The number of halogens is 1. The number of nitro benzene ring substituents is 1. The largest absolute Gasteiger partial charge is 0.368 e. The van der Waals surface area contributed by atoms with Gasteiger partial charge in [-0.05, 0) is 12.1 Å². The molecule has 1 N–H and O–H groups in total. The highest BCUT2D eigenvalue weighted by molar-refractivity contribution is 6.33. The summed E-state index contributed by atoms with van der Waals surface area (Å²) in [6.07, 6.45) is 0. The molecule has 0 bridgehead atoms. The van der Waals surface area contributed by atoms with Crippen LogP contribution < -0.4 is 10.2 Å². The molecule has 1 fully saturated rings. The minimum absolute atomic E-state index is 0.0167. The van der Waals surface area contributed by atoms with Crippen LogP contribution in [0.25, 0.3) is 0 Å². The number of nitrogens with zero attached hydrogens (tertiary/aromatic N) is 3. The van der Waals surface area contributed by atoms with Crippen LogP contribution >= 0.6 is 11.6 Å². The van der Waals surface area contributed by atoms with Gasteiger partial charge in [0, 0.05) is 46.3 Å². The molecule has 1 aromatic rings. The number of nitro groups is 1. The van der Waals surface area contributed by atoms with Crippen LogP contribution in [0.1, 0.15) is 0 Å². The maximum Gasteiger partial charge on any atom is 0.310 e. The van der Waals surface area contributed by atoms with Gasteiger partial charge in [-0.2, -0.15) is 0 Å². The Morgan fingerprint density at radius 3 is 2.80 bits per heavy atom. The summed E-state index contributed by atoms with van der Waals surface area (Å²) < 4.78 is 0. The first-order valence-electron chi connectivity index (χ1n) is 6.66. The SMILES string of the molecule is CN(CCN1CCNCC1)c1cccc(Cl)c1[N+](=O)[O-]. The van der Waals surface area contributed by atoms with Crippen LogP contribution in [-0.4, -0.2) is 56.1 Å². The summed E-state index contributed by atoms with van der Waals surface area (Å²) in [7, 11) is 1.86. The van der Waals surface area contributed by atoms with Crippen LogP contribution in [0.3, 0.4) is 0 Å². The van der Waals surface area contributed by atoms with E-state index in [4.69, 9.17) is 11.6 Å². The van der Waals surface area contributed by atoms with E-state index < -0.39 is 4.92 Å². The molecular formula is C13H19ClN4O2. The zero-order valence-electron chi connectivity index (χ0n) is 11.5. The van der Waals surface area contributed by atoms with Crippen molar-refractivity contribution in [2.45, 2.75) is 0 Å². The number of anilines is 1. The molecule has 0 atom stereocenters. The number of hydrogen-bond acceptors (Lipinski definition) is 5. The van der Waals surface area contributed by atoms with E-state index in [9.17, 15) is 10.1 Å². The lowest BCUT2D eigenvalue weighted by molar-refractivity contribution is -0.384. The van der Waals surface area contributed by atoms with Crippen LogP contribution in [0.4, 0.5) is 11.4 Å². The van der Waals surface area contributed by atoms with Gasteiger partial charge < -0.3 is 10.2 Å². The van der Waals surface area contributed by atoms with Crippen molar-refractivity contribution in [3.05, 3.63) is 33.3 Å². The van der Waals surface area contributed by atoms with Gasteiger partial charge in [-0.25, -0.2) is 0 Å². The summed E-state index contributed by atoms with van der Waals surface area (Å²) >= 11 is 5.93. The van der Waals surface area contributed by atoms with Gasteiger partial charge in [-0.1, -0.05) is 17.7 Å². The fourth-order valence-corrected chi connectivity index (χ4v) is 2.58. The molecule has 1 aliphatic heterocycles. The van der Waals surface area contributed by atoms with E-state index >= 15 is 0 Å². The summed E-state index contributed by atoms with van der Waals surface area (Å²) in [5.41, 5.74) is 0.551. The van der Waals surface area contributed by atoms with Crippen molar-refractivity contribution in [2.75, 3.05) is 51.2 Å². The maximum absolute atomic E-state index is 11.1. The van der Waals surface area contributed by atoms with Gasteiger partial charge in [0.1, 0.15) is 10.7 Å². The van der Waals surface area contributed by atoms with Gasteiger partial charge in [0.15, 0.2) is 0 Å². The molecule has 0 amide bonds. The Morgan fingerprint density at radius 2 is 2.15 bits per heavy atom. The molecule has 7 heteroatoms. The van der Waals surface area contributed by atoms with Gasteiger partial charge >= 0.3 is 5.69 Å². The summed E-state index contributed by atoms with van der Waals surface area (Å²) in [6, 6.07) is 5.03. The molecule has 0 aliphatic carbocycles. The number of hydrogen-bond donors (Lipinski definition) is 1. The maximum atomic E-state index is 11.1. The van der Waals surface area contributed by atoms with Crippen molar-refractivity contribution in [1.82, 2.24) is 10.2 Å². The lowest BCUT2D eigenvalue weighted by atomic mass is 10.2. The summed E-state index contributed by atoms with van der Waals surface area (Å²) in [5, 5.41) is 14.6. The molecule has 0 unspecified atom stereocenters. The minimum atomic E-state index is -0.418. The molecule has 0 spiro atoms.